The fraction of sp³-hybridized carbons (Fsp3) is 0.619. The fourth-order valence-corrected chi connectivity index (χ4v) is 4.06. The summed E-state index contributed by atoms with van der Waals surface area (Å²) in [4.78, 5) is 0. The van der Waals surface area contributed by atoms with E-state index in [2.05, 4.69) is 6.92 Å². The molecule has 0 saturated heterocycles. The number of alkyl halides is 7. The molecule has 1 aromatic rings. The molecule has 0 aliphatic heterocycles. The van der Waals surface area contributed by atoms with E-state index in [-0.39, 0.29) is 24.0 Å². The van der Waals surface area contributed by atoms with Crippen molar-refractivity contribution >= 4 is 11.6 Å². The molecule has 30 heavy (non-hydrogen) atoms. The van der Waals surface area contributed by atoms with Crippen LogP contribution in [0, 0.1) is 11.8 Å². The Morgan fingerprint density at radius 2 is 1.63 bits per heavy atom. The molecule has 4 atom stereocenters. The summed E-state index contributed by atoms with van der Waals surface area (Å²) >= 11 is 6.31. The zero-order valence-corrected chi connectivity index (χ0v) is 17.2. The van der Waals surface area contributed by atoms with Crippen molar-refractivity contribution in [1.29, 1.82) is 0 Å². The van der Waals surface area contributed by atoms with Gasteiger partial charge in [-0.05, 0) is 43.4 Å². The molecule has 0 heterocycles. The van der Waals surface area contributed by atoms with Crippen molar-refractivity contribution < 1.29 is 36.2 Å². The van der Waals surface area contributed by atoms with E-state index < -0.39 is 41.3 Å². The molecule has 0 radical (unpaired) electrons. The molecule has 2 rings (SSSR count). The number of hydrogen-bond acceptors (Lipinski definition) is 2. The molecule has 1 aliphatic rings. The van der Waals surface area contributed by atoms with Gasteiger partial charge in [0.1, 0.15) is 5.75 Å². The number of benzene rings is 1. The van der Waals surface area contributed by atoms with Crippen LogP contribution in [0.25, 0.3) is 0 Å². The number of halogens is 7. The highest BCUT2D eigenvalue weighted by Crippen LogP contribution is 2.41. The van der Waals surface area contributed by atoms with Gasteiger partial charge in [0.15, 0.2) is 0 Å². The van der Waals surface area contributed by atoms with E-state index in [1.54, 1.807) is 0 Å². The SMILES string of the molecule is CCCC/C=C\C[C@@H]1[C@@H](COc2cc(C(F)(F)F)cc(C(F)(F)F)c2)[C@H](O)C[C@H]1Cl. The lowest BCUT2D eigenvalue weighted by Gasteiger charge is -2.23. The number of allylic oxidation sites excluding steroid dienone is 2. The molecule has 1 fully saturated rings. The first-order valence-corrected chi connectivity index (χ1v) is 10.3. The summed E-state index contributed by atoms with van der Waals surface area (Å²) in [5.41, 5.74) is -2.88. The molecule has 9 heteroatoms. The smallest absolute Gasteiger partial charge is 0.416 e. The van der Waals surface area contributed by atoms with Gasteiger partial charge in [-0.15, -0.1) is 11.6 Å². The van der Waals surface area contributed by atoms with Crippen LogP contribution in [0.4, 0.5) is 26.3 Å². The maximum absolute atomic E-state index is 13.0. The van der Waals surface area contributed by atoms with E-state index in [1.807, 2.05) is 12.2 Å². The van der Waals surface area contributed by atoms with Crippen molar-refractivity contribution in [3.8, 4) is 5.75 Å². The molecular formula is C21H25ClF6O2. The van der Waals surface area contributed by atoms with E-state index in [0.717, 1.165) is 19.3 Å². The molecule has 1 aliphatic carbocycles. The van der Waals surface area contributed by atoms with Gasteiger partial charge in [-0.25, -0.2) is 0 Å². The monoisotopic (exact) mass is 458 g/mol. The second-order valence-electron chi connectivity index (χ2n) is 7.55. The van der Waals surface area contributed by atoms with Gasteiger partial charge in [0, 0.05) is 11.3 Å². The van der Waals surface area contributed by atoms with E-state index in [1.165, 1.54) is 0 Å². The Bertz CT molecular complexity index is 684. The van der Waals surface area contributed by atoms with Crippen molar-refractivity contribution in [1.82, 2.24) is 0 Å². The molecule has 0 spiro atoms. The van der Waals surface area contributed by atoms with Crippen LogP contribution in [0.5, 0.6) is 5.75 Å². The van der Waals surface area contributed by atoms with Crippen molar-refractivity contribution in [3.05, 3.63) is 41.5 Å². The normalized spacial score (nSPS) is 25.2. The molecule has 0 unspecified atom stereocenters. The fourth-order valence-electron chi connectivity index (χ4n) is 3.59. The van der Waals surface area contributed by atoms with Crippen molar-refractivity contribution in [3.63, 3.8) is 0 Å². The maximum Gasteiger partial charge on any atom is 0.416 e. The molecule has 0 amide bonds. The van der Waals surface area contributed by atoms with E-state index in [0.29, 0.717) is 25.0 Å². The summed E-state index contributed by atoms with van der Waals surface area (Å²) in [6.07, 6.45) is -2.92. The number of hydrogen-bond donors (Lipinski definition) is 1. The van der Waals surface area contributed by atoms with Gasteiger partial charge in [0.25, 0.3) is 0 Å². The van der Waals surface area contributed by atoms with Gasteiger partial charge < -0.3 is 9.84 Å². The zero-order chi connectivity index (χ0) is 22.5. The minimum atomic E-state index is -4.95. The lowest BCUT2D eigenvalue weighted by Crippen LogP contribution is -2.27. The van der Waals surface area contributed by atoms with Crippen LogP contribution in [0.1, 0.15) is 50.2 Å². The number of aliphatic hydroxyl groups excluding tert-OH is 1. The molecule has 1 aromatic carbocycles. The predicted octanol–water partition coefficient (Wildman–Crippen LogP) is 6.84. The molecule has 0 bridgehead atoms. The summed E-state index contributed by atoms with van der Waals surface area (Å²) in [6, 6.07) is 1.12. The largest absolute Gasteiger partial charge is 0.493 e. The second kappa shape index (κ2) is 10.3. The molecule has 1 saturated carbocycles. The predicted molar refractivity (Wildman–Crippen MR) is 102 cm³/mol. The molecular weight excluding hydrogens is 434 g/mol. The maximum atomic E-state index is 13.0. The molecule has 1 N–H and O–H groups in total. The Balaban J connectivity index is 2.14. The molecule has 0 aromatic heterocycles. The van der Waals surface area contributed by atoms with Crippen LogP contribution in [0.2, 0.25) is 0 Å². The number of ether oxygens (including phenoxy) is 1. The number of rotatable bonds is 8. The highest BCUT2D eigenvalue weighted by atomic mass is 35.5. The van der Waals surface area contributed by atoms with Gasteiger partial charge in [0.05, 0.1) is 23.8 Å². The zero-order valence-electron chi connectivity index (χ0n) is 16.4. The lowest BCUT2D eigenvalue weighted by atomic mass is 9.92. The first kappa shape index (κ1) is 24.9. The Morgan fingerprint density at radius 1 is 1.03 bits per heavy atom. The number of unbranched alkanes of at least 4 members (excludes halogenated alkanes) is 2. The third-order valence-corrected chi connectivity index (χ3v) is 5.78. The lowest BCUT2D eigenvalue weighted by molar-refractivity contribution is -0.143. The van der Waals surface area contributed by atoms with Crippen molar-refractivity contribution in [2.24, 2.45) is 11.8 Å². The summed E-state index contributed by atoms with van der Waals surface area (Å²) in [7, 11) is 0. The Labute approximate surface area is 176 Å². The van der Waals surface area contributed by atoms with Gasteiger partial charge >= 0.3 is 12.4 Å². The summed E-state index contributed by atoms with van der Waals surface area (Å²) in [5, 5.41) is 9.92. The van der Waals surface area contributed by atoms with E-state index >= 15 is 0 Å². The van der Waals surface area contributed by atoms with Crippen LogP contribution < -0.4 is 4.74 Å². The van der Waals surface area contributed by atoms with Crippen LogP contribution in [-0.4, -0.2) is 23.2 Å². The Hall–Kier alpha value is -1.41. The first-order chi connectivity index (χ1) is 13.9. The third-order valence-electron chi connectivity index (χ3n) is 5.28. The summed E-state index contributed by atoms with van der Waals surface area (Å²) in [5.74, 6) is -1.22. The average molecular weight is 459 g/mol. The van der Waals surface area contributed by atoms with Gasteiger partial charge in [-0.3, -0.25) is 0 Å². The van der Waals surface area contributed by atoms with Crippen LogP contribution in [-0.2, 0) is 12.4 Å². The minimum absolute atomic E-state index is 0.0516. The van der Waals surface area contributed by atoms with E-state index in [4.69, 9.17) is 16.3 Å². The Kier molecular flexibility index (Phi) is 8.51. The standard InChI is InChI=1S/C21H25ClF6O2/c1-2-3-4-5-6-7-16-17(19(29)11-18(16)22)12-30-15-9-13(20(23,24)25)8-14(10-15)21(26,27)28/h5-6,8-10,16-19,29H,2-4,7,11-12H2,1H3/b6-5-/t16-,17-,18-,19-/m1/s1. The van der Waals surface area contributed by atoms with Gasteiger partial charge in [-0.1, -0.05) is 31.9 Å². The van der Waals surface area contributed by atoms with Crippen LogP contribution >= 0.6 is 11.6 Å². The van der Waals surface area contributed by atoms with Crippen LogP contribution in [0.3, 0.4) is 0 Å². The quantitative estimate of drug-likeness (QED) is 0.200. The topological polar surface area (TPSA) is 29.5 Å². The van der Waals surface area contributed by atoms with Crippen molar-refractivity contribution in [2.75, 3.05) is 6.61 Å². The third kappa shape index (κ3) is 6.80. The molecule has 170 valence electrons. The second-order valence-corrected chi connectivity index (χ2v) is 8.11. The highest BCUT2D eigenvalue weighted by molar-refractivity contribution is 6.21. The van der Waals surface area contributed by atoms with Gasteiger partial charge in [0.2, 0.25) is 0 Å². The van der Waals surface area contributed by atoms with Gasteiger partial charge in [-0.2, -0.15) is 26.3 Å². The summed E-state index contributed by atoms with van der Waals surface area (Å²) in [6.45, 7) is 1.85. The minimum Gasteiger partial charge on any atom is -0.493 e. The molecule has 2 nitrogen and oxygen atoms in total. The Morgan fingerprint density at radius 3 is 2.17 bits per heavy atom. The summed E-state index contributed by atoms with van der Waals surface area (Å²) < 4.78 is 83.3. The van der Waals surface area contributed by atoms with Crippen molar-refractivity contribution in [2.45, 2.75) is 62.9 Å². The van der Waals surface area contributed by atoms with Crippen LogP contribution in [0.15, 0.2) is 30.4 Å². The highest BCUT2D eigenvalue weighted by Gasteiger charge is 2.42. The first-order valence-electron chi connectivity index (χ1n) is 9.83. The van der Waals surface area contributed by atoms with E-state index in [9.17, 15) is 31.4 Å². The average Bonchev–Trinajstić information content (AvgIpc) is 2.91. The number of aliphatic hydroxyl groups is 1.